The van der Waals surface area contributed by atoms with E-state index < -0.39 is 10.2 Å². The Hall–Kier alpha value is -1.11. The number of nitrogens with zero attached hydrogens (tertiary/aromatic N) is 2. The van der Waals surface area contributed by atoms with E-state index in [1.54, 1.807) is 13.1 Å². The molecule has 0 aliphatic carbocycles. The van der Waals surface area contributed by atoms with Crippen molar-refractivity contribution in [3.05, 3.63) is 29.8 Å². The molecule has 1 aromatic rings. The maximum absolute atomic E-state index is 12.6. The smallest absolute Gasteiger partial charge is 0.303 e. The number of piperidine rings is 1. The molecule has 1 aliphatic heterocycles. The zero-order chi connectivity index (χ0) is 14.8. The summed E-state index contributed by atoms with van der Waals surface area (Å²) in [4.78, 5) is 0. The molecule has 6 heteroatoms. The van der Waals surface area contributed by atoms with Gasteiger partial charge >= 0.3 is 10.2 Å². The van der Waals surface area contributed by atoms with E-state index in [1.165, 1.54) is 8.61 Å². The molecular formula is C14H22N2O3S. The minimum Gasteiger partial charge on any atom is -0.396 e. The Labute approximate surface area is 121 Å². The van der Waals surface area contributed by atoms with Gasteiger partial charge in [0.05, 0.1) is 5.69 Å². The molecule has 1 N–H and O–H groups in total. The van der Waals surface area contributed by atoms with Crippen molar-refractivity contribution in [2.75, 3.05) is 31.0 Å². The van der Waals surface area contributed by atoms with Crippen LogP contribution in [0.5, 0.6) is 0 Å². The van der Waals surface area contributed by atoms with Crippen molar-refractivity contribution < 1.29 is 13.5 Å². The van der Waals surface area contributed by atoms with Crippen LogP contribution in [0.15, 0.2) is 24.3 Å². The summed E-state index contributed by atoms with van der Waals surface area (Å²) in [6, 6.07) is 7.45. The number of aliphatic hydroxyl groups is 1. The fraction of sp³-hybridized carbons (Fsp3) is 0.571. The van der Waals surface area contributed by atoms with Gasteiger partial charge in [-0.3, -0.25) is 4.31 Å². The minimum atomic E-state index is -3.48. The largest absolute Gasteiger partial charge is 0.396 e. The van der Waals surface area contributed by atoms with Gasteiger partial charge in [0.25, 0.3) is 0 Å². The molecule has 1 fully saturated rings. The van der Waals surface area contributed by atoms with Crippen LogP contribution in [-0.2, 0) is 10.2 Å². The Bertz CT molecular complexity index is 551. The molecule has 0 spiro atoms. The van der Waals surface area contributed by atoms with Crippen molar-refractivity contribution in [2.24, 2.45) is 5.92 Å². The standard InChI is InChI=1S/C14H22N2O3S/c1-12-4-3-5-14(10-12)15(2)20(18,19)16-8-6-13(11-17)7-9-16/h3-5,10,13,17H,6-9,11H2,1-2H3. The van der Waals surface area contributed by atoms with E-state index in [4.69, 9.17) is 5.11 Å². The van der Waals surface area contributed by atoms with Crippen molar-refractivity contribution in [1.29, 1.82) is 0 Å². The van der Waals surface area contributed by atoms with Crippen molar-refractivity contribution in [3.8, 4) is 0 Å². The van der Waals surface area contributed by atoms with E-state index in [0.717, 1.165) is 18.4 Å². The van der Waals surface area contributed by atoms with Crippen LogP contribution >= 0.6 is 0 Å². The number of rotatable bonds is 4. The highest BCUT2D eigenvalue weighted by atomic mass is 32.2. The van der Waals surface area contributed by atoms with Crippen LogP contribution in [0.1, 0.15) is 18.4 Å². The molecular weight excluding hydrogens is 276 g/mol. The Kier molecular flexibility index (Phi) is 4.67. The number of aryl methyl sites for hydroxylation is 1. The summed E-state index contributed by atoms with van der Waals surface area (Å²) in [5, 5.41) is 9.12. The van der Waals surface area contributed by atoms with Gasteiger partial charge < -0.3 is 5.11 Å². The van der Waals surface area contributed by atoms with Crippen molar-refractivity contribution in [1.82, 2.24) is 4.31 Å². The first-order chi connectivity index (χ1) is 9.45. The first-order valence-corrected chi connectivity index (χ1v) is 8.26. The lowest BCUT2D eigenvalue weighted by atomic mass is 10.00. The van der Waals surface area contributed by atoms with Gasteiger partial charge in [0.2, 0.25) is 0 Å². The molecule has 0 amide bonds. The zero-order valence-corrected chi connectivity index (χ0v) is 12.8. The highest BCUT2D eigenvalue weighted by molar-refractivity contribution is 7.90. The lowest BCUT2D eigenvalue weighted by molar-refractivity contribution is 0.170. The molecule has 1 saturated heterocycles. The molecule has 0 radical (unpaired) electrons. The summed E-state index contributed by atoms with van der Waals surface area (Å²) < 4.78 is 28.0. The summed E-state index contributed by atoms with van der Waals surface area (Å²) in [5.41, 5.74) is 1.71. The monoisotopic (exact) mass is 298 g/mol. The second kappa shape index (κ2) is 6.11. The van der Waals surface area contributed by atoms with Gasteiger partial charge in [-0.25, -0.2) is 0 Å². The molecule has 0 atom stereocenters. The average Bonchev–Trinajstić information content (AvgIpc) is 2.46. The lowest BCUT2D eigenvalue weighted by Gasteiger charge is -2.33. The number of benzene rings is 1. The summed E-state index contributed by atoms with van der Waals surface area (Å²) >= 11 is 0. The van der Waals surface area contributed by atoms with Crippen molar-refractivity contribution >= 4 is 15.9 Å². The summed E-state index contributed by atoms with van der Waals surface area (Å²) in [7, 11) is -1.89. The molecule has 20 heavy (non-hydrogen) atoms. The quantitative estimate of drug-likeness (QED) is 0.913. The molecule has 5 nitrogen and oxygen atoms in total. The highest BCUT2D eigenvalue weighted by Gasteiger charge is 2.31. The maximum atomic E-state index is 12.6. The lowest BCUT2D eigenvalue weighted by Crippen LogP contribution is -2.46. The van der Waals surface area contributed by atoms with E-state index in [-0.39, 0.29) is 12.5 Å². The third-order valence-electron chi connectivity index (χ3n) is 3.87. The van der Waals surface area contributed by atoms with Crippen LogP contribution in [0.2, 0.25) is 0 Å². The topological polar surface area (TPSA) is 60.9 Å². The second-order valence-electron chi connectivity index (χ2n) is 5.34. The van der Waals surface area contributed by atoms with Gasteiger partial charge in [-0.05, 0) is 43.4 Å². The molecule has 0 unspecified atom stereocenters. The first-order valence-electron chi connectivity index (χ1n) is 6.86. The van der Waals surface area contributed by atoms with Crippen LogP contribution in [0.4, 0.5) is 5.69 Å². The first kappa shape index (κ1) is 15.3. The summed E-state index contributed by atoms with van der Waals surface area (Å²) in [5.74, 6) is 0.228. The van der Waals surface area contributed by atoms with Crippen molar-refractivity contribution in [3.63, 3.8) is 0 Å². The van der Waals surface area contributed by atoms with E-state index in [2.05, 4.69) is 0 Å². The molecule has 0 bridgehead atoms. The molecule has 112 valence electrons. The number of hydrogen-bond acceptors (Lipinski definition) is 3. The van der Waals surface area contributed by atoms with E-state index in [0.29, 0.717) is 18.8 Å². The molecule has 0 saturated carbocycles. The van der Waals surface area contributed by atoms with Gasteiger partial charge in [0.1, 0.15) is 0 Å². The zero-order valence-electron chi connectivity index (χ0n) is 12.0. The second-order valence-corrected chi connectivity index (χ2v) is 7.30. The third-order valence-corrected chi connectivity index (χ3v) is 5.79. The van der Waals surface area contributed by atoms with Gasteiger partial charge in [-0.2, -0.15) is 12.7 Å². The number of hydrogen-bond donors (Lipinski definition) is 1. The SMILES string of the molecule is Cc1cccc(N(C)S(=O)(=O)N2CCC(CO)CC2)c1. The van der Waals surface area contributed by atoms with Crippen molar-refractivity contribution in [2.45, 2.75) is 19.8 Å². The molecule has 1 aromatic carbocycles. The van der Waals surface area contributed by atoms with Gasteiger partial charge in [-0.15, -0.1) is 0 Å². The van der Waals surface area contributed by atoms with Gasteiger partial charge in [0, 0.05) is 26.7 Å². The van der Waals surface area contributed by atoms with Gasteiger partial charge in [0.15, 0.2) is 0 Å². The molecule has 1 aliphatic rings. The van der Waals surface area contributed by atoms with Crippen LogP contribution in [-0.4, -0.2) is 44.6 Å². The molecule has 0 aromatic heterocycles. The Morgan fingerprint density at radius 2 is 2.00 bits per heavy atom. The predicted molar refractivity (Wildman–Crippen MR) is 79.9 cm³/mol. The van der Waals surface area contributed by atoms with Gasteiger partial charge in [-0.1, -0.05) is 12.1 Å². The fourth-order valence-corrected chi connectivity index (χ4v) is 3.85. The summed E-state index contributed by atoms with van der Waals surface area (Å²) in [6.07, 6.45) is 1.44. The fourth-order valence-electron chi connectivity index (χ4n) is 2.45. The Morgan fingerprint density at radius 1 is 1.35 bits per heavy atom. The molecule has 1 heterocycles. The van der Waals surface area contributed by atoms with E-state index in [9.17, 15) is 8.42 Å². The molecule has 2 rings (SSSR count). The van der Waals surface area contributed by atoms with Crippen LogP contribution in [0.3, 0.4) is 0 Å². The van der Waals surface area contributed by atoms with Crippen LogP contribution in [0.25, 0.3) is 0 Å². The maximum Gasteiger partial charge on any atom is 0.303 e. The minimum absolute atomic E-state index is 0.140. The highest BCUT2D eigenvalue weighted by Crippen LogP contribution is 2.24. The number of anilines is 1. The van der Waals surface area contributed by atoms with Crippen LogP contribution in [0, 0.1) is 12.8 Å². The predicted octanol–water partition coefficient (Wildman–Crippen LogP) is 1.38. The third kappa shape index (κ3) is 3.13. The van der Waals surface area contributed by atoms with Crippen LogP contribution < -0.4 is 4.31 Å². The normalized spacial score (nSPS) is 18.1. The Balaban J connectivity index is 2.14. The van der Waals surface area contributed by atoms with E-state index in [1.807, 2.05) is 25.1 Å². The summed E-state index contributed by atoms with van der Waals surface area (Å²) in [6.45, 7) is 3.03. The average molecular weight is 298 g/mol. The number of aliphatic hydroxyl groups excluding tert-OH is 1. The Morgan fingerprint density at radius 3 is 2.55 bits per heavy atom. The van der Waals surface area contributed by atoms with E-state index >= 15 is 0 Å².